The van der Waals surface area contributed by atoms with Gasteiger partial charge in [0.1, 0.15) is 5.82 Å². The largest absolute Gasteiger partial charge is 0.338 e. The third-order valence-electron chi connectivity index (χ3n) is 2.55. The lowest BCUT2D eigenvalue weighted by Gasteiger charge is -2.08. The van der Waals surface area contributed by atoms with Crippen LogP contribution in [0.3, 0.4) is 0 Å². The summed E-state index contributed by atoms with van der Waals surface area (Å²) in [5.74, 6) is 2.62. The van der Waals surface area contributed by atoms with E-state index in [1.54, 1.807) is 19.1 Å². The Hall–Kier alpha value is -2.23. The van der Waals surface area contributed by atoms with Crippen LogP contribution in [0.1, 0.15) is 17.3 Å². The Morgan fingerprint density at radius 3 is 2.95 bits per heavy atom. The minimum absolute atomic E-state index is 0.207. The summed E-state index contributed by atoms with van der Waals surface area (Å²) >= 11 is 1.09. The Labute approximate surface area is 115 Å². The number of anilines is 1. The fourth-order valence-corrected chi connectivity index (χ4v) is 1.98. The molecule has 1 aliphatic rings. The first-order valence-corrected chi connectivity index (χ1v) is 6.32. The van der Waals surface area contributed by atoms with Gasteiger partial charge in [0.15, 0.2) is 0 Å². The fourth-order valence-electron chi connectivity index (χ4n) is 1.64. The molecule has 0 fully saturated rings. The maximum absolute atomic E-state index is 12.1. The first-order valence-electron chi connectivity index (χ1n) is 5.44. The van der Waals surface area contributed by atoms with Gasteiger partial charge in [-0.2, -0.15) is 0 Å². The topological polar surface area (TPSA) is 79.5 Å². The third kappa shape index (κ3) is 2.78. The van der Waals surface area contributed by atoms with Gasteiger partial charge in [-0.1, -0.05) is 5.92 Å². The second kappa shape index (κ2) is 5.61. The lowest BCUT2D eigenvalue weighted by molar-refractivity contribution is 0.0967. The minimum atomic E-state index is -0.207. The van der Waals surface area contributed by atoms with E-state index in [0.717, 1.165) is 16.8 Å². The summed E-state index contributed by atoms with van der Waals surface area (Å²) in [7, 11) is 0. The number of rotatable bonds is 2. The van der Waals surface area contributed by atoms with E-state index >= 15 is 0 Å². The zero-order chi connectivity index (χ0) is 13.8. The molecule has 5 nitrogen and oxygen atoms in total. The summed E-state index contributed by atoms with van der Waals surface area (Å²) < 4.78 is 0. The molecule has 0 bridgehead atoms. The van der Waals surface area contributed by atoms with Crippen LogP contribution in [0.2, 0.25) is 0 Å². The molecule has 96 valence electrons. The van der Waals surface area contributed by atoms with Crippen LogP contribution in [0.4, 0.5) is 5.69 Å². The Morgan fingerprint density at radius 1 is 1.47 bits per heavy atom. The highest BCUT2D eigenvalue weighted by molar-refractivity contribution is 7.97. The van der Waals surface area contributed by atoms with Crippen LogP contribution in [-0.4, -0.2) is 12.1 Å². The van der Waals surface area contributed by atoms with Gasteiger partial charge in [0.2, 0.25) is 0 Å². The molecule has 1 heterocycles. The molecule has 0 unspecified atom stereocenters. The molecule has 1 aliphatic heterocycles. The predicted molar refractivity (Wildman–Crippen MR) is 77.6 cm³/mol. The monoisotopic (exact) mass is 272 g/mol. The first kappa shape index (κ1) is 13.2. The van der Waals surface area contributed by atoms with Crippen LogP contribution in [0.5, 0.6) is 0 Å². The van der Waals surface area contributed by atoms with E-state index < -0.39 is 0 Å². The van der Waals surface area contributed by atoms with Gasteiger partial charge >= 0.3 is 0 Å². The molecular weight excluding hydrogens is 260 g/mol. The van der Waals surface area contributed by atoms with Gasteiger partial charge in [-0.15, -0.1) is 6.42 Å². The summed E-state index contributed by atoms with van der Waals surface area (Å²) in [6.07, 6.45) is 6.46. The van der Waals surface area contributed by atoms with Crippen molar-refractivity contribution in [2.75, 3.05) is 5.32 Å². The molecule has 1 aromatic carbocycles. The molecule has 0 saturated heterocycles. The summed E-state index contributed by atoms with van der Waals surface area (Å²) in [5, 5.41) is 11.3. The van der Waals surface area contributed by atoms with E-state index in [0.29, 0.717) is 22.8 Å². The van der Waals surface area contributed by atoms with Gasteiger partial charge in [-0.05, 0) is 37.1 Å². The molecule has 2 rings (SSSR count). The number of hydrogen-bond acceptors (Lipinski definition) is 5. The van der Waals surface area contributed by atoms with Crippen LogP contribution in [0, 0.1) is 12.3 Å². The highest BCUT2D eigenvalue weighted by Crippen LogP contribution is 2.26. The van der Waals surface area contributed by atoms with Crippen molar-refractivity contribution in [2.45, 2.75) is 11.8 Å². The zero-order valence-electron chi connectivity index (χ0n) is 10.2. The Bertz CT molecular complexity index is 628. The van der Waals surface area contributed by atoms with Crippen LogP contribution in [-0.2, 0) is 0 Å². The van der Waals surface area contributed by atoms with Crippen molar-refractivity contribution in [1.82, 2.24) is 5.32 Å². The number of aliphatic imine (C=N–C) groups is 1. The normalized spacial score (nSPS) is 14.5. The van der Waals surface area contributed by atoms with E-state index in [1.165, 1.54) is 6.21 Å². The van der Waals surface area contributed by atoms with Gasteiger partial charge in [-0.25, -0.2) is 4.99 Å². The summed E-state index contributed by atoms with van der Waals surface area (Å²) in [6, 6.07) is 5.34. The number of amides is 1. The lowest BCUT2D eigenvalue weighted by atomic mass is 10.1. The van der Waals surface area contributed by atoms with Gasteiger partial charge in [0.05, 0.1) is 23.2 Å². The fraction of sp³-hybridized carbons (Fsp3) is 0.0769. The molecule has 0 atom stereocenters. The van der Waals surface area contributed by atoms with Crippen molar-refractivity contribution in [2.24, 2.45) is 10.1 Å². The smallest absolute Gasteiger partial charge is 0.257 e. The number of terminal acetylenes is 1. The molecule has 0 radical (unpaired) electrons. The number of fused-ring (bicyclic) bond motifs is 1. The highest BCUT2D eigenvalue weighted by atomic mass is 32.2. The molecular formula is C13H12N4OS. The quantitative estimate of drug-likeness (QED) is 0.435. The highest BCUT2D eigenvalue weighted by Gasteiger charge is 2.18. The standard InChI is InChI=1S/C13H12N4OS/c1-3-6-15-12-8(2)16-13(18)10-7-9(19-14)4-5-11(10)17-12/h1,4-7,17H,14H2,2H3,(H,16,18)/b15-6-. The molecule has 4 N–H and O–H groups in total. The van der Waals surface area contributed by atoms with Gasteiger partial charge < -0.3 is 10.6 Å². The maximum Gasteiger partial charge on any atom is 0.257 e. The van der Waals surface area contributed by atoms with E-state index in [2.05, 4.69) is 21.5 Å². The van der Waals surface area contributed by atoms with E-state index in [1.807, 2.05) is 6.07 Å². The van der Waals surface area contributed by atoms with Crippen molar-refractivity contribution in [3.8, 4) is 12.3 Å². The van der Waals surface area contributed by atoms with Crippen LogP contribution in [0.15, 0.2) is 39.6 Å². The second-order valence-electron chi connectivity index (χ2n) is 3.80. The molecule has 19 heavy (non-hydrogen) atoms. The predicted octanol–water partition coefficient (Wildman–Crippen LogP) is 1.70. The lowest BCUT2D eigenvalue weighted by Crippen LogP contribution is -2.20. The van der Waals surface area contributed by atoms with E-state index in [-0.39, 0.29) is 5.91 Å². The number of benzene rings is 1. The van der Waals surface area contributed by atoms with Crippen molar-refractivity contribution < 1.29 is 4.79 Å². The minimum Gasteiger partial charge on any atom is -0.338 e. The van der Waals surface area contributed by atoms with Crippen molar-refractivity contribution in [1.29, 1.82) is 0 Å². The number of allylic oxidation sites excluding steroid dienone is 1. The van der Waals surface area contributed by atoms with Crippen molar-refractivity contribution >= 4 is 29.8 Å². The molecule has 0 saturated carbocycles. The van der Waals surface area contributed by atoms with E-state index in [4.69, 9.17) is 11.6 Å². The molecule has 1 amide bonds. The van der Waals surface area contributed by atoms with Gasteiger partial charge in [-0.3, -0.25) is 9.93 Å². The zero-order valence-corrected chi connectivity index (χ0v) is 11.0. The first-order chi connectivity index (χ1) is 9.15. The van der Waals surface area contributed by atoms with E-state index in [9.17, 15) is 4.79 Å². The second-order valence-corrected chi connectivity index (χ2v) is 4.51. The Morgan fingerprint density at radius 2 is 2.26 bits per heavy atom. The van der Waals surface area contributed by atoms with Gasteiger partial charge in [0, 0.05) is 4.90 Å². The average Bonchev–Trinajstić information content (AvgIpc) is 2.53. The number of nitrogens with one attached hydrogen (secondary N) is 2. The average molecular weight is 272 g/mol. The number of nitrogens with two attached hydrogens (primary N) is 1. The number of hydrogen-bond donors (Lipinski definition) is 3. The van der Waals surface area contributed by atoms with Crippen LogP contribution >= 0.6 is 11.9 Å². The summed E-state index contributed by atoms with van der Waals surface area (Å²) in [5.41, 5.74) is 1.78. The Kier molecular flexibility index (Phi) is 3.90. The number of carbonyl (C=O) groups excluding carboxylic acids is 1. The van der Waals surface area contributed by atoms with Crippen molar-refractivity contribution in [3.05, 3.63) is 35.3 Å². The number of nitrogens with zero attached hydrogens (tertiary/aromatic N) is 1. The summed E-state index contributed by atoms with van der Waals surface area (Å²) in [6.45, 7) is 1.75. The Balaban J connectivity index is 2.46. The molecule has 0 aromatic heterocycles. The molecule has 6 heteroatoms. The van der Waals surface area contributed by atoms with Crippen molar-refractivity contribution in [3.63, 3.8) is 0 Å². The number of carbonyl (C=O) groups is 1. The third-order valence-corrected chi connectivity index (χ3v) is 3.08. The molecule has 1 aromatic rings. The molecule has 0 spiro atoms. The van der Waals surface area contributed by atoms with Crippen LogP contribution < -0.4 is 15.8 Å². The maximum atomic E-state index is 12.1. The van der Waals surface area contributed by atoms with Gasteiger partial charge in [0.25, 0.3) is 5.91 Å². The van der Waals surface area contributed by atoms with Crippen LogP contribution in [0.25, 0.3) is 0 Å². The SMILES string of the molecule is C#C/C=N\C1=C(C)NC(=O)c2cc(SN)ccc2N1. The summed E-state index contributed by atoms with van der Waals surface area (Å²) in [4.78, 5) is 17.0. The molecule has 0 aliphatic carbocycles.